The second-order valence-electron chi connectivity index (χ2n) is 4.29. The standard InChI is InChI=1S/C13H18O2S/c1-10(2)8-16-9-13(15)7-11-4-3-5-12(14)6-11/h3-6,10,14H,7-9H2,1-2H3. The molecule has 0 amide bonds. The Balaban J connectivity index is 2.34. The Morgan fingerprint density at radius 2 is 2.19 bits per heavy atom. The van der Waals surface area contributed by atoms with Crippen LogP contribution >= 0.6 is 11.8 Å². The Labute approximate surface area is 101 Å². The van der Waals surface area contributed by atoms with Gasteiger partial charge in [-0.05, 0) is 29.4 Å². The van der Waals surface area contributed by atoms with E-state index < -0.39 is 0 Å². The zero-order valence-corrected chi connectivity index (χ0v) is 10.6. The van der Waals surface area contributed by atoms with Gasteiger partial charge in [-0.2, -0.15) is 11.8 Å². The predicted octanol–water partition coefficient (Wildman–Crippen LogP) is 2.89. The number of ketones is 1. The fourth-order valence-electron chi connectivity index (χ4n) is 1.35. The van der Waals surface area contributed by atoms with Crippen LogP contribution in [0.4, 0.5) is 0 Å². The number of benzene rings is 1. The van der Waals surface area contributed by atoms with Crippen LogP contribution in [0.3, 0.4) is 0 Å². The van der Waals surface area contributed by atoms with E-state index in [9.17, 15) is 9.90 Å². The van der Waals surface area contributed by atoms with Gasteiger partial charge in [0.25, 0.3) is 0 Å². The Morgan fingerprint density at radius 3 is 2.81 bits per heavy atom. The van der Waals surface area contributed by atoms with E-state index in [2.05, 4.69) is 13.8 Å². The molecule has 16 heavy (non-hydrogen) atoms. The van der Waals surface area contributed by atoms with Gasteiger partial charge >= 0.3 is 0 Å². The highest BCUT2D eigenvalue weighted by Crippen LogP contribution is 2.13. The molecule has 2 nitrogen and oxygen atoms in total. The van der Waals surface area contributed by atoms with Crippen molar-refractivity contribution in [3.05, 3.63) is 29.8 Å². The molecule has 88 valence electrons. The van der Waals surface area contributed by atoms with E-state index in [0.29, 0.717) is 18.1 Å². The fourth-order valence-corrected chi connectivity index (χ4v) is 2.27. The van der Waals surface area contributed by atoms with Crippen LogP contribution in [0.5, 0.6) is 5.75 Å². The monoisotopic (exact) mass is 238 g/mol. The molecule has 0 spiro atoms. The summed E-state index contributed by atoms with van der Waals surface area (Å²) in [6, 6.07) is 6.89. The van der Waals surface area contributed by atoms with Gasteiger partial charge in [-0.3, -0.25) is 4.79 Å². The molecular formula is C13H18O2S. The van der Waals surface area contributed by atoms with Crippen molar-refractivity contribution < 1.29 is 9.90 Å². The quantitative estimate of drug-likeness (QED) is 0.828. The second-order valence-corrected chi connectivity index (χ2v) is 5.32. The number of phenolic OH excluding ortho intramolecular Hbond substituents is 1. The number of carbonyl (C=O) groups is 1. The third kappa shape index (κ3) is 5.21. The Bertz CT molecular complexity index is 348. The highest BCUT2D eigenvalue weighted by Gasteiger charge is 2.05. The number of aromatic hydroxyl groups is 1. The number of Topliss-reactive ketones (excluding diaryl/α,β-unsaturated/α-hetero) is 1. The first-order valence-corrected chi connectivity index (χ1v) is 6.60. The average molecular weight is 238 g/mol. The molecule has 0 saturated heterocycles. The van der Waals surface area contributed by atoms with Crippen LogP contribution in [0, 0.1) is 5.92 Å². The summed E-state index contributed by atoms with van der Waals surface area (Å²) in [6.07, 6.45) is 0.416. The van der Waals surface area contributed by atoms with Crippen molar-refractivity contribution in [3.8, 4) is 5.75 Å². The van der Waals surface area contributed by atoms with E-state index in [1.807, 2.05) is 6.07 Å². The van der Waals surface area contributed by atoms with Crippen LogP contribution in [0.1, 0.15) is 19.4 Å². The summed E-state index contributed by atoms with van der Waals surface area (Å²) in [5.41, 5.74) is 0.884. The maximum absolute atomic E-state index is 11.6. The summed E-state index contributed by atoms with van der Waals surface area (Å²) in [7, 11) is 0. The minimum Gasteiger partial charge on any atom is -0.508 e. The maximum Gasteiger partial charge on any atom is 0.147 e. The van der Waals surface area contributed by atoms with Crippen molar-refractivity contribution in [2.24, 2.45) is 5.92 Å². The Kier molecular flexibility index (Phi) is 5.39. The van der Waals surface area contributed by atoms with Gasteiger partial charge < -0.3 is 5.11 Å². The summed E-state index contributed by atoms with van der Waals surface area (Å²) in [4.78, 5) is 11.6. The first-order chi connectivity index (χ1) is 7.58. The molecule has 3 heteroatoms. The summed E-state index contributed by atoms with van der Waals surface area (Å²) < 4.78 is 0. The van der Waals surface area contributed by atoms with E-state index in [-0.39, 0.29) is 11.5 Å². The molecule has 0 atom stereocenters. The first kappa shape index (κ1) is 13.1. The lowest BCUT2D eigenvalue weighted by atomic mass is 10.1. The van der Waals surface area contributed by atoms with E-state index in [4.69, 9.17) is 0 Å². The van der Waals surface area contributed by atoms with E-state index in [0.717, 1.165) is 11.3 Å². The molecule has 0 heterocycles. The third-order valence-electron chi connectivity index (χ3n) is 2.03. The molecular weight excluding hydrogens is 220 g/mol. The smallest absolute Gasteiger partial charge is 0.147 e. The van der Waals surface area contributed by atoms with Gasteiger partial charge in [-0.25, -0.2) is 0 Å². The van der Waals surface area contributed by atoms with E-state index in [1.165, 1.54) is 0 Å². The van der Waals surface area contributed by atoms with Crippen molar-refractivity contribution in [2.45, 2.75) is 20.3 Å². The number of hydrogen-bond donors (Lipinski definition) is 1. The lowest BCUT2D eigenvalue weighted by Gasteiger charge is -2.04. The largest absolute Gasteiger partial charge is 0.508 e. The first-order valence-electron chi connectivity index (χ1n) is 5.45. The summed E-state index contributed by atoms with van der Waals surface area (Å²) in [5.74, 6) is 2.65. The number of rotatable bonds is 6. The fraction of sp³-hybridized carbons (Fsp3) is 0.462. The van der Waals surface area contributed by atoms with Gasteiger partial charge in [0.05, 0.1) is 5.75 Å². The zero-order chi connectivity index (χ0) is 12.0. The van der Waals surface area contributed by atoms with Crippen molar-refractivity contribution >= 4 is 17.5 Å². The van der Waals surface area contributed by atoms with Crippen molar-refractivity contribution in [3.63, 3.8) is 0 Å². The van der Waals surface area contributed by atoms with Crippen molar-refractivity contribution in [1.82, 2.24) is 0 Å². The van der Waals surface area contributed by atoms with Crippen LogP contribution in [-0.2, 0) is 11.2 Å². The van der Waals surface area contributed by atoms with Gasteiger partial charge in [0.2, 0.25) is 0 Å². The minimum atomic E-state index is 0.219. The van der Waals surface area contributed by atoms with Crippen LogP contribution in [-0.4, -0.2) is 22.4 Å². The molecule has 0 fully saturated rings. The molecule has 0 bridgehead atoms. The minimum absolute atomic E-state index is 0.219. The maximum atomic E-state index is 11.6. The van der Waals surface area contributed by atoms with Crippen LogP contribution in [0.2, 0.25) is 0 Å². The number of carbonyl (C=O) groups excluding carboxylic acids is 1. The zero-order valence-electron chi connectivity index (χ0n) is 9.77. The van der Waals surface area contributed by atoms with E-state index >= 15 is 0 Å². The number of thioether (sulfide) groups is 1. The van der Waals surface area contributed by atoms with Crippen LogP contribution in [0.25, 0.3) is 0 Å². The van der Waals surface area contributed by atoms with Crippen molar-refractivity contribution in [1.29, 1.82) is 0 Å². The molecule has 0 saturated carbocycles. The SMILES string of the molecule is CC(C)CSCC(=O)Cc1cccc(O)c1. The Morgan fingerprint density at radius 1 is 1.44 bits per heavy atom. The molecule has 1 aromatic carbocycles. The highest BCUT2D eigenvalue weighted by atomic mass is 32.2. The summed E-state index contributed by atoms with van der Waals surface area (Å²) in [6.45, 7) is 4.29. The third-order valence-corrected chi connectivity index (χ3v) is 3.45. The van der Waals surface area contributed by atoms with E-state index in [1.54, 1.807) is 30.0 Å². The molecule has 1 aromatic rings. The molecule has 0 radical (unpaired) electrons. The Hall–Kier alpha value is -0.960. The molecule has 0 aliphatic rings. The molecule has 1 rings (SSSR count). The van der Waals surface area contributed by atoms with Crippen molar-refractivity contribution in [2.75, 3.05) is 11.5 Å². The van der Waals surface area contributed by atoms with Gasteiger partial charge in [0.1, 0.15) is 11.5 Å². The van der Waals surface area contributed by atoms with Gasteiger partial charge in [-0.15, -0.1) is 0 Å². The lowest BCUT2D eigenvalue weighted by molar-refractivity contribution is -0.116. The van der Waals surface area contributed by atoms with Gasteiger partial charge in [-0.1, -0.05) is 26.0 Å². The molecule has 0 unspecified atom stereocenters. The van der Waals surface area contributed by atoms with Crippen LogP contribution < -0.4 is 0 Å². The number of hydrogen-bond acceptors (Lipinski definition) is 3. The normalized spacial score (nSPS) is 10.7. The number of phenols is 1. The topological polar surface area (TPSA) is 37.3 Å². The van der Waals surface area contributed by atoms with Gasteiger partial charge in [0, 0.05) is 6.42 Å². The molecule has 1 N–H and O–H groups in total. The summed E-state index contributed by atoms with van der Waals surface area (Å²) in [5, 5.41) is 9.26. The van der Waals surface area contributed by atoms with Crippen LogP contribution in [0.15, 0.2) is 24.3 Å². The predicted molar refractivity (Wildman–Crippen MR) is 69.0 cm³/mol. The molecule has 0 aromatic heterocycles. The highest BCUT2D eigenvalue weighted by molar-refractivity contribution is 7.99. The second kappa shape index (κ2) is 6.59. The van der Waals surface area contributed by atoms with Gasteiger partial charge in [0.15, 0.2) is 0 Å². The molecule has 0 aliphatic carbocycles. The average Bonchev–Trinajstić information content (AvgIpc) is 2.16. The lowest BCUT2D eigenvalue weighted by Crippen LogP contribution is -2.07. The molecule has 0 aliphatic heterocycles. The summed E-state index contributed by atoms with van der Waals surface area (Å²) >= 11 is 1.68.